The van der Waals surface area contributed by atoms with E-state index in [0.29, 0.717) is 12.1 Å². The van der Waals surface area contributed by atoms with Crippen molar-refractivity contribution in [1.29, 1.82) is 0 Å². The van der Waals surface area contributed by atoms with Gasteiger partial charge in [-0.05, 0) is 29.8 Å². The summed E-state index contributed by atoms with van der Waals surface area (Å²) >= 11 is 0. The molecule has 1 aliphatic heterocycles. The number of carbonyl (C=O) groups is 1. The van der Waals surface area contributed by atoms with Crippen LogP contribution < -0.4 is 11.2 Å². The van der Waals surface area contributed by atoms with Crippen LogP contribution in [0.5, 0.6) is 0 Å². The highest BCUT2D eigenvalue weighted by Gasteiger charge is 2.38. The Balaban J connectivity index is 1.92. The number of hydrazine groups is 1. The molecule has 31 heavy (non-hydrogen) atoms. The molecule has 0 aliphatic carbocycles. The van der Waals surface area contributed by atoms with E-state index in [1.807, 2.05) is 0 Å². The third kappa shape index (κ3) is 5.17. The van der Waals surface area contributed by atoms with Crippen LogP contribution in [0.1, 0.15) is 28.4 Å². The second kappa shape index (κ2) is 7.98. The molecule has 0 saturated carbocycles. The van der Waals surface area contributed by atoms with E-state index in [9.17, 15) is 35.5 Å². The first-order valence-electron chi connectivity index (χ1n) is 8.34. The van der Waals surface area contributed by atoms with Gasteiger partial charge in [0.05, 0.1) is 22.9 Å². The summed E-state index contributed by atoms with van der Waals surface area (Å²) in [6, 6.07) is 2.03. The molecule has 1 unspecified atom stereocenters. The number of alkyl halides is 6. The molecule has 2 aromatic rings. The van der Waals surface area contributed by atoms with Crippen LogP contribution in [0.25, 0.3) is 5.57 Å². The molecule has 1 aliphatic rings. The Hall–Kier alpha value is -3.48. The van der Waals surface area contributed by atoms with Gasteiger partial charge in [-0.3, -0.25) is 14.8 Å². The van der Waals surface area contributed by atoms with Gasteiger partial charge in [0.25, 0.3) is 5.91 Å². The van der Waals surface area contributed by atoms with Gasteiger partial charge in [-0.15, -0.1) is 0 Å². The number of pyridine rings is 1. The van der Waals surface area contributed by atoms with Crippen LogP contribution in [0.15, 0.2) is 47.9 Å². The van der Waals surface area contributed by atoms with Crippen molar-refractivity contribution in [2.45, 2.75) is 18.5 Å². The number of aromatic nitrogens is 1. The number of nitrogens with zero attached hydrogens (tertiary/aromatic N) is 3. The minimum atomic E-state index is -5.01. The maximum atomic E-state index is 13.4. The molecular weight excluding hydrogens is 435 g/mol. The van der Waals surface area contributed by atoms with Crippen molar-refractivity contribution in [3.63, 3.8) is 0 Å². The molecule has 13 heteroatoms. The first kappa shape index (κ1) is 22.2. The van der Waals surface area contributed by atoms with Crippen LogP contribution >= 0.6 is 0 Å². The second-order valence-electron chi connectivity index (χ2n) is 6.34. The standard InChI is InChI=1S/C18H12F7N5O/c19-13-3-10(5-27-6-13)14(15(26)31)7-30-8-28-16(29-30)9-1-11(17(20,21)22)4-12(2-9)18(23,24)25/h1-8,16,29H,(H2,26,31)/b14-7+. The van der Waals surface area contributed by atoms with Gasteiger partial charge in [-0.25, -0.2) is 14.8 Å². The smallest absolute Gasteiger partial charge is 0.366 e. The average molecular weight is 447 g/mol. The number of aliphatic imine (C=N–C) groups is 1. The molecule has 1 aromatic heterocycles. The van der Waals surface area contributed by atoms with Crippen molar-refractivity contribution in [3.8, 4) is 0 Å². The highest BCUT2D eigenvalue weighted by atomic mass is 19.4. The van der Waals surface area contributed by atoms with Crippen molar-refractivity contribution in [3.05, 3.63) is 70.9 Å². The number of halogens is 7. The fraction of sp³-hybridized carbons (Fsp3) is 0.167. The molecule has 0 spiro atoms. The van der Waals surface area contributed by atoms with Gasteiger partial charge in [0, 0.05) is 18.0 Å². The van der Waals surface area contributed by atoms with Gasteiger partial charge >= 0.3 is 12.4 Å². The zero-order valence-corrected chi connectivity index (χ0v) is 15.2. The van der Waals surface area contributed by atoms with Gasteiger partial charge in [0.1, 0.15) is 18.3 Å². The number of primary amides is 1. The Morgan fingerprint density at radius 2 is 1.65 bits per heavy atom. The minimum Gasteiger partial charge on any atom is -0.366 e. The first-order chi connectivity index (χ1) is 14.3. The largest absolute Gasteiger partial charge is 0.416 e. The maximum Gasteiger partial charge on any atom is 0.416 e. The number of nitrogens with one attached hydrogen (secondary N) is 1. The van der Waals surface area contributed by atoms with E-state index < -0.39 is 46.9 Å². The molecule has 2 heterocycles. The highest BCUT2D eigenvalue weighted by Crippen LogP contribution is 2.38. The van der Waals surface area contributed by atoms with Crippen molar-refractivity contribution in [2.24, 2.45) is 10.7 Å². The molecule has 164 valence electrons. The molecule has 0 radical (unpaired) electrons. The molecule has 0 fully saturated rings. The van der Waals surface area contributed by atoms with E-state index in [4.69, 9.17) is 5.73 Å². The number of hydrogen-bond donors (Lipinski definition) is 2. The lowest BCUT2D eigenvalue weighted by atomic mass is 10.0. The predicted molar refractivity (Wildman–Crippen MR) is 94.0 cm³/mol. The van der Waals surface area contributed by atoms with Crippen LogP contribution in [-0.2, 0) is 17.1 Å². The van der Waals surface area contributed by atoms with E-state index in [1.165, 1.54) is 0 Å². The van der Waals surface area contributed by atoms with Crippen LogP contribution in [0.3, 0.4) is 0 Å². The Morgan fingerprint density at radius 3 is 2.16 bits per heavy atom. The van der Waals surface area contributed by atoms with Crippen molar-refractivity contribution >= 4 is 17.8 Å². The van der Waals surface area contributed by atoms with Crippen LogP contribution in [0.2, 0.25) is 0 Å². The minimum absolute atomic E-state index is 0.00196. The van der Waals surface area contributed by atoms with Crippen molar-refractivity contribution < 1.29 is 35.5 Å². The van der Waals surface area contributed by atoms with Crippen molar-refractivity contribution in [1.82, 2.24) is 15.4 Å². The van der Waals surface area contributed by atoms with Gasteiger partial charge in [-0.1, -0.05) is 0 Å². The number of rotatable bonds is 4. The monoisotopic (exact) mass is 447 g/mol. The quantitative estimate of drug-likeness (QED) is 0.554. The molecule has 1 amide bonds. The lowest BCUT2D eigenvalue weighted by Gasteiger charge is -2.18. The Morgan fingerprint density at radius 1 is 1.03 bits per heavy atom. The molecule has 3 N–H and O–H groups in total. The molecule has 1 atom stereocenters. The fourth-order valence-corrected chi connectivity index (χ4v) is 2.69. The summed E-state index contributed by atoms with van der Waals surface area (Å²) in [5, 5.41) is 1.00. The third-order valence-corrected chi connectivity index (χ3v) is 4.09. The Bertz CT molecular complexity index is 1030. The summed E-state index contributed by atoms with van der Waals surface area (Å²) in [6.45, 7) is 0. The molecule has 0 saturated heterocycles. The number of carbonyl (C=O) groups excluding carboxylic acids is 1. The molecular formula is C18H12F7N5O. The highest BCUT2D eigenvalue weighted by molar-refractivity contribution is 6.18. The number of benzene rings is 1. The van der Waals surface area contributed by atoms with Gasteiger partial charge in [-0.2, -0.15) is 26.3 Å². The van der Waals surface area contributed by atoms with Gasteiger partial charge < -0.3 is 5.73 Å². The van der Waals surface area contributed by atoms with E-state index in [1.54, 1.807) is 0 Å². The van der Waals surface area contributed by atoms with E-state index >= 15 is 0 Å². The summed E-state index contributed by atoms with van der Waals surface area (Å²) in [4.78, 5) is 19.1. The summed E-state index contributed by atoms with van der Waals surface area (Å²) in [5.74, 6) is -1.74. The SMILES string of the molecule is NC(=O)/C(=C/N1C=NC(c2cc(C(F)(F)F)cc(C(F)(F)F)c2)N1)c1cncc(F)c1. The zero-order valence-electron chi connectivity index (χ0n) is 15.2. The Kier molecular flexibility index (Phi) is 5.72. The number of hydrogen-bond acceptors (Lipinski definition) is 5. The summed E-state index contributed by atoms with van der Waals surface area (Å²) in [6.07, 6.45) is -7.23. The normalized spacial score (nSPS) is 17.3. The average Bonchev–Trinajstić information content (AvgIpc) is 3.13. The molecule has 0 bridgehead atoms. The van der Waals surface area contributed by atoms with Gasteiger partial charge in [0.15, 0.2) is 0 Å². The van der Waals surface area contributed by atoms with E-state index in [-0.39, 0.29) is 17.2 Å². The summed E-state index contributed by atoms with van der Waals surface area (Å²) in [7, 11) is 0. The van der Waals surface area contributed by atoms with E-state index in [0.717, 1.165) is 36.0 Å². The second-order valence-corrected chi connectivity index (χ2v) is 6.34. The van der Waals surface area contributed by atoms with Crippen molar-refractivity contribution in [2.75, 3.05) is 0 Å². The van der Waals surface area contributed by atoms with Crippen LogP contribution in [-0.4, -0.2) is 22.2 Å². The Labute approximate surface area is 169 Å². The van der Waals surface area contributed by atoms with Crippen LogP contribution in [0, 0.1) is 5.82 Å². The van der Waals surface area contributed by atoms with Gasteiger partial charge in [0.2, 0.25) is 0 Å². The lowest BCUT2D eigenvalue weighted by Crippen LogP contribution is -2.30. The molecule has 3 rings (SSSR count). The zero-order chi connectivity index (χ0) is 23.0. The predicted octanol–water partition coefficient (Wildman–Crippen LogP) is 3.63. The molecule has 6 nitrogen and oxygen atoms in total. The fourth-order valence-electron chi connectivity index (χ4n) is 2.69. The third-order valence-electron chi connectivity index (χ3n) is 4.09. The lowest BCUT2D eigenvalue weighted by molar-refractivity contribution is -0.143. The van der Waals surface area contributed by atoms with Crippen LogP contribution in [0.4, 0.5) is 30.7 Å². The summed E-state index contributed by atoms with van der Waals surface area (Å²) in [5.41, 5.74) is 4.16. The number of amides is 1. The maximum absolute atomic E-state index is 13.4. The van der Waals surface area contributed by atoms with E-state index in [2.05, 4.69) is 15.4 Å². The summed E-state index contributed by atoms with van der Waals surface area (Å²) < 4.78 is 91.7. The first-order valence-corrected chi connectivity index (χ1v) is 8.34. The number of nitrogens with two attached hydrogens (primary N) is 1. The molecule has 1 aromatic carbocycles. The topological polar surface area (TPSA) is 83.6 Å².